The lowest BCUT2D eigenvalue weighted by Crippen LogP contribution is -2.29. The van der Waals surface area contributed by atoms with Crippen molar-refractivity contribution in [2.45, 2.75) is 42.8 Å². The number of halogens is 1. The molecule has 1 fully saturated rings. The van der Waals surface area contributed by atoms with Crippen LogP contribution < -0.4 is 14.4 Å². The van der Waals surface area contributed by atoms with E-state index in [9.17, 15) is 19.1 Å². The van der Waals surface area contributed by atoms with Crippen LogP contribution in [0.25, 0.3) is 5.76 Å². The maximum absolute atomic E-state index is 13.6. The zero-order valence-corrected chi connectivity index (χ0v) is 25.3. The Morgan fingerprint density at radius 1 is 0.953 bits per heavy atom. The summed E-state index contributed by atoms with van der Waals surface area (Å²) in [6.07, 6.45) is 1.66. The maximum atomic E-state index is 13.6. The van der Waals surface area contributed by atoms with Gasteiger partial charge in [0, 0.05) is 11.3 Å². The largest absolute Gasteiger partial charge is 0.507 e. The molecule has 5 rings (SSSR count). The van der Waals surface area contributed by atoms with E-state index in [1.807, 2.05) is 13.8 Å². The van der Waals surface area contributed by atoms with E-state index in [1.165, 1.54) is 28.8 Å². The second-order valence-corrected chi connectivity index (χ2v) is 11.9. The summed E-state index contributed by atoms with van der Waals surface area (Å²) in [5, 5.41) is 20.2. The minimum Gasteiger partial charge on any atom is -0.507 e. The second-order valence-electron chi connectivity index (χ2n) is 9.73. The summed E-state index contributed by atoms with van der Waals surface area (Å²) in [5.74, 6) is -0.530. The number of aliphatic hydroxyl groups is 1. The Balaban J connectivity index is 1.52. The number of carbonyl (C=O) groups excluding carboxylic acids is 2. The first-order valence-electron chi connectivity index (χ1n) is 13.9. The van der Waals surface area contributed by atoms with Gasteiger partial charge >= 0.3 is 5.91 Å². The molecule has 1 aromatic heterocycles. The van der Waals surface area contributed by atoms with Gasteiger partial charge in [0.2, 0.25) is 5.13 Å². The van der Waals surface area contributed by atoms with Crippen molar-refractivity contribution in [3.05, 3.63) is 101 Å². The number of anilines is 1. The summed E-state index contributed by atoms with van der Waals surface area (Å²) < 4.78 is 25.3. The molecule has 1 aliphatic rings. The van der Waals surface area contributed by atoms with Crippen molar-refractivity contribution >= 4 is 45.7 Å². The Morgan fingerprint density at radius 2 is 1.65 bits per heavy atom. The van der Waals surface area contributed by atoms with Crippen LogP contribution in [0.5, 0.6) is 11.5 Å². The van der Waals surface area contributed by atoms with E-state index < -0.39 is 17.7 Å². The van der Waals surface area contributed by atoms with Gasteiger partial charge < -0.3 is 14.6 Å². The molecule has 11 heteroatoms. The monoisotopic (exact) mass is 619 g/mol. The minimum absolute atomic E-state index is 0.0596. The molecule has 8 nitrogen and oxygen atoms in total. The molecule has 1 unspecified atom stereocenters. The second kappa shape index (κ2) is 13.8. The van der Waals surface area contributed by atoms with Gasteiger partial charge in [-0.25, -0.2) is 4.39 Å². The van der Waals surface area contributed by atoms with Crippen LogP contribution in [0.2, 0.25) is 0 Å². The van der Waals surface area contributed by atoms with Gasteiger partial charge in [-0.15, -0.1) is 10.2 Å². The van der Waals surface area contributed by atoms with Crippen molar-refractivity contribution < 1.29 is 28.6 Å². The number of hydrogen-bond donors (Lipinski definition) is 1. The molecule has 0 aliphatic carbocycles. The van der Waals surface area contributed by atoms with E-state index in [-0.39, 0.29) is 22.3 Å². The van der Waals surface area contributed by atoms with Crippen molar-refractivity contribution in [3.63, 3.8) is 0 Å². The lowest BCUT2D eigenvalue weighted by molar-refractivity contribution is -0.132. The Morgan fingerprint density at radius 3 is 2.35 bits per heavy atom. The molecule has 4 aromatic rings. The lowest BCUT2D eigenvalue weighted by atomic mass is 9.95. The number of ketones is 1. The molecule has 1 atom stereocenters. The molecule has 0 radical (unpaired) electrons. The Bertz CT molecular complexity index is 1620. The SMILES string of the molecule is CCCOc1ccc(C(O)=C2C(=O)C(=O)N(c3nnc(SCc4ccc(F)cc4)s3)C2c2cccc(OCCC)c2)cc1. The van der Waals surface area contributed by atoms with Crippen molar-refractivity contribution in [1.82, 2.24) is 10.2 Å². The highest BCUT2D eigenvalue weighted by molar-refractivity contribution is 8.00. The molecule has 0 bridgehead atoms. The van der Waals surface area contributed by atoms with Crippen molar-refractivity contribution in [1.29, 1.82) is 0 Å². The van der Waals surface area contributed by atoms with Gasteiger partial charge in [-0.2, -0.15) is 0 Å². The number of nitrogens with zero attached hydrogens (tertiary/aromatic N) is 3. The van der Waals surface area contributed by atoms with Crippen LogP contribution in [0, 0.1) is 5.82 Å². The number of aliphatic hydroxyl groups excluding tert-OH is 1. The highest BCUT2D eigenvalue weighted by atomic mass is 32.2. The molecule has 1 aliphatic heterocycles. The van der Waals surface area contributed by atoms with Gasteiger partial charge in [0.05, 0.1) is 24.8 Å². The first-order valence-corrected chi connectivity index (χ1v) is 15.7. The molecule has 1 N–H and O–H groups in total. The summed E-state index contributed by atoms with van der Waals surface area (Å²) in [4.78, 5) is 28.4. The molecule has 222 valence electrons. The molecule has 3 aromatic carbocycles. The molecular formula is C32H30FN3O5S2. The van der Waals surface area contributed by atoms with Crippen LogP contribution >= 0.6 is 23.1 Å². The number of Topliss-reactive ketones (excluding diaryl/α,β-unsaturated/α-hetero) is 1. The smallest absolute Gasteiger partial charge is 0.301 e. The van der Waals surface area contributed by atoms with Crippen LogP contribution in [0.3, 0.4) is 0 Å². The van der Waals surface area contributed by atoms with Crippen molar-refractivity contribution in [3.8, 4) is 11.5 Å². The standard InChI is InChI=1S/C32H30FN3O5S2/c1-3-16-40-24-14-10-21(11-15-24)28(37)26-27(22-6-5-7-25(18-22)41-17-4-2)36(30(39)29(26)38)31-34-35-32(43-31)42-19-20-8-12-23(33)13-9-20/h5-15,18,27,37H,3-4,16-17,19H2,1-2H3. The van der Waals surface area contributed by atoms with Gasteiger partial charge in [-0.3, -0.25) is 14.5 Å². The van der Waals surface area contributed by atoms with Crippen LogP contribution in [-0.2, 0) is 15.3 Å². The Kier molecular flexibility index (Phi) is 9.73. The van der Waals surface area contributed by atoms with E-state index in [4.69, 9.17) is 9.47 Å². The average Bonchev–Trinajstić information content (AvgIpc) is 3.60. The minimum atomic E-state index is -0.968. The summed E-state index contributed by atoms with van der Waals surface area (Å²) in [7, 11) is 0. The average molecular weight is 620 g/mol. The van der Waals surface area contributed by atoms with Gasteiger partial charge in [-0.1, -0.05) is 61.2 Å². The summed E-state index contributed by atoms with van der Waals surface area (Å²) in [6.45, 7) is 5.06. The lowest BCUT2D eigenvalue weighted by Gasteiger charge is -2.23. The molecule has 1 amide bonds. The van der Waals surface area contributed by atoms with E-state index in [2.05, 4.69) is 10.2 Å². The van der Waals surface area contributed by atoms with Gasteiger partial charge in [0.25, 0.3) is 5.78 Å². The third-order valence-corrected chi connectivity index (χ3v) is 8.70. The fourth-order valence-electron chi connectivity index (χ4n) is 4.51. The van der Waals surface area contributed by atoms with Gasteiger partial charge in [0.1, 0.15) is 23.1 Å². The summed E-state index contributed by atoms with van der Waals surface area (Å²) in [6, 6.07) is 19.1. The highest BCUT2D eigenvalue weighted by Crippen LogP contribution is 2.44. The van der Waals surface area contributed by atoms with Gasteiger partial charge in [0.15, 0.2) is 4.34 Å². The fraction of sp³-hybridized carbons (Fsp3) is 0.250. The molecule has 43 heavy (non-hydrogen) atoms. The molecular weight excluding hydrogens is 590 g/mol. The van der Waals surface area contributed by atoms with Gasteiger partial charge in [-0.05, 0) is 72.5 Å². The van der Waals surface area contributed by atoms with Crippen molar-refractivity contribution in [2.75, 3.05) is 18.1 Å². The predicted molar refractivity (Wildman–Crippen MR) is 165 cm³/mol. The first kappa shape index (κ1) is 30.2. The molecule has 0 spiro atoms. The van der Waals surface area contributed by atoms with Crippen molar-refractivity contribution in [2.24, 2.45) is 0 Å². The summed E-state index contributed by atoms with van der Waals surface area (Å²) >= 11 is 2.55. The van der Waals surface area contributed by atoms with Crippen LogP contribution in [0.4, 0.5) is 9.52 Å². The number of ether oxygens (including phenoxy) is 2. The zero-order valence-electron chi connectivity index (χ0n) is 23.7. The number of hydrogen-bond acceptors (Lipinski definition) is 9. The first-order chi connectivity index (χ1) is 20.9. The molecule has 1 saturated heterocycles. The normalized spacial score (nSPS) is 16.1. The number of benzene rings is 3. The fourth-order valence-corrected chi connectivity index (χ4v) is 6.33. The van der Waals surface area contributed by atoms with Crippen LogP contribution in [0.1, 0.15) is 49.4 Å². The molecule has 0 saturated carbocycles. The quantitative estimate of drug-likeness (QED) is 0.0586. The number of carbonyl (C=O) groups is 2. The third kappa shape index (κ3) is 6.89. The van der Waals surface area contributed by atoms with Crippen LogP contribution in [-0.4, -0.2) is 40.2 Å². The van der Waals surface area contributed by atoms with Crippen LogP contribution in [0.15, 0.2) is 82.7 Å². The summed E-state index contributed by atoms with van der Waals surface area (Å²) in [5.41, 5.74) is 1.79. The third-order valence-electron chi connectivity index (χ3n) is 6.57. The molecule has 2 heterocycles. The maximum Gasteiger partial charge on any atom is 0.301 e. The Labute approximate surface area is 257 Å². The Hall–Kier alpha value is -4.22. The highest BCUT2D eigenvalue weighted by Gasteiger charge is 2.48. The predicted octanol–water partition coefficient (Wildman–Crippen LogP) is 7.17. The van der Waals surface area contributed by atoms with E-state index in [0.717, 1.165) is 29.7 Å². The van der Waals surface area contributed by atoms with E-state index in [1.54, 1.807) is 60.7 Å². The number of amides is 1. The van der Waals surface area contributed by atoms with E-state index in [0.29, 0.717) is 45.9 Å². The number of aromatic nitrogens is 2. The topological polar surface area (TPSA) is 102 Å². The van der Waals surface area contributed by atoms with E-state index >= 15 is 0 Å². The number of rotatable bonds is 12. The number of thioether (sulfide) groups is 1. The zero-order chi connectivity index (χ0) is 30.3.